The predicted octanol–water partition coefficient (Wildman–Crippen LogP) is 4.00. The third-order valence-corrected chi connectivity index (χ3v) is 6.99. The number of furan rings is 2. The van der Waals surface area contributed by atoms with Gasteiger partial charge in [0.15, 0.2) is 0 Å². The highest BCUT2D eigenvalue weighted by Crippen LogP contribution is 2.28. The van der Waals surface area contributed by atoms with E-state index in [1.165, 1.54) is 4.31 Å². The minimum atomic E-state index is -3.51. The fourth-order valence-corrected chi connectivity index (χ4v) is 4.89. The summed E-state index contributed by atoms with van der Waals surface area (Å²) < 4.78 is 38.3. The van der Waals surface area contributed by atoms with Gasteiger partial charge in [-0.05, 0) is 51.1 Å². The summed E-state index contributed by atoms with van der Waals surface area (Å²) in [5, 5.41) is 1.11. The first-order valence-electron chi connectivity index (χ1n) is 9.23. The maximum Gasteiger partial charge on any atom is 0.276 e. The lowest BCUT2D eigenvalue weighted by Gasteiger charge is -2.21. The maximum absolute atomic E-state index is 12.6. The van der Waals surface area contributed by atoms with Crippen LogP contribution in [0.1, 0.15) is 37.3 Å². The number of hydrogen-bond acceptors (Lipinski definition) is 5. The first-order valence-corrected chi connectivity index (χ1v) is 10.7. The highest BCUT2D eigenvalue weighted by atomic mass is 32.2. The predicted molar refractivity (Wildman–Crippen MR) is 103 cm³/mol. The number of para-hydroxylation sites is 1. The number of fused-ring (bicyclic) bond motifs is 1. The fraction of sp³-hybridized carbons (Fsp3) is 0.400. The largest absolute Gasteiger partial charge is 0.459 e. The van der Waals surface area contributed by atoms with E-state index in [9.17, 15) is 8.42 Å². The number of sulfonamides is 1. The van der Waals surface area contributed by atoms with Gasteiger partial charge >= 0.3 is 0 Å². The monoisotopic (exact) mass is 388 g/mol. The Labute approximate surface area is 159 Å². The summed E-state index contributed by atoms with van der Waals surface area (Å²) in [7, 11) is -1.55. The van der Waals surface area contributed by atoms with E-state index in [0.29, 0.717) is 25.4 Å². The molecule has 6 nitrogen and oxygen atoms in total. The van der Waals surface area contributed by atoms with Crippen LogP contribution in [-0.4, -0.2) is 37.8 Å². The lowest BCUT2D eigenvalue weighted by atomic mass is 10.2. The molecule has 1 aliphatic heterocycles. The highest BCUT2D eigenvalue weighted by Gasteiger charge is 2.30. The van der Waals surface area contributed by atoms with Gasteiger partial charge in [-0.2, -0.15) is 4.31 Å². The van der Waals surface area contributed by atoms with E-state index in [2.05, 4.69) is 11.8 Å². The van der Waals surface area contributed by atoms with E-state index in [4.69, 9.17) is 8.83 Å². The molecule has 3 heterocycles. The molecule has 0 spiro atoms. The van der Waals surface area contributed by atoms with Crippen molar-refractivity contribution >= 4 is 21.0 Å². The van der Waals surface area contributed by atoms with E-state index in [0.717, 1.165) is 29.6 Å². The molecular weight excluding hydrogens is 364 g/mol. The molecule has 4 rings (SSSR count). The molecule has 0 N–H and O–H groups in total. The van der Waals surface area contributed by atoms with Gasteiger partial charge in [0.25, 0.3) is 10.0 Å². The SMILES string of the molecule is C[C@H](c1cc2ccccc2o1)N(C)Cc1ccc(S(=O)(=O)N2CCCC2)o1. The normalized spacial score (nSPS) is 17.1. The lowest BCUT2D eigenvalue weighted by Crippen LogP contribution is -2.27. The van der Waals surface area contributed by atoms with E-state index in [-0.39, 0.29) is 11.1 Å². The minimum absolute atomic E-state index is 0.0288. The average molecular weight is 388 g/mol. The van der Waals surface area contributed by atoms with Gasteiger partial charge in [0.2, 0.25) is 5.09 Å². The van der Waals surface area contributed by atoms with Crippen molar-refractivity contribution in [3.63, 3.8) is 0 Å². The Balaban J connectivity index is 1.48. The second-order valence-electron chi connectivity index (χ2n) is 7.11. The van der Waals surface area contributed by atoms with Crippen molar-refractivity contribution in [2.75, 3.05) is 20.1 Å². The molecule has 2 aromatic heterocycles. The van der Waals surface area contributed by atoms with Gasteiger partial charge in [0.1, 0.15) is 17.1 Å². The van der Waals surface area contributed by atoms with Crippen LogP contribution in [0.3, 0.4) is 0 Å². The molecule has 0 saturated carbocycles. The second kappa shape index (κ2) is 7.14. The molecule has 1 atom stereocenters. The van der Waals surface area contributed by atoms with Crippen molar-refractivity contribution in [3.8, 4) is 0 Å². The van der Waals surface area contributed by atoms with Crippen LogP contribution < -0.4 is 0 Å². The van der Waals surface area contributed by atoms with Gasteiger partial charge in [0.05, 0.1) is 12.6 Å². The summed E-state index contributed by atoms with van der Waals surface area (Å²) in [5.41, 5.74) is 0.866. The molecule has 7 heteroatoms. The van der Waals surface area contributed by atoms with Gasteiger partial charge in [-0.3, -0.25) is 4.90 Å². The molecule has 3 aromatic rings. The van der Waals surface area contributed by atoms with Crippen LogP contribution in [0.25, 0.3) is 11.0 Å². The smallest absolute Gasteiger partial charge is 0.276 e. The van der Waals surface area contributed by atoms with Crippen molar-refractivity contribution < 1.29 is 17.3 Å². The van der Waals surface area contributed by atoms with Crippen LogP contribution in [0.15, 0.2) is 56.4 Å². The maximum atomic E-state index is 12.6. The zero-order chi connectivity index (χ0) is 19.0. The van der Waals surface area contributed by atoms with Gasteiger partial charge in [-0.15, -0.1) is 0 Å². The Hall–Kier alpha value is -2.09. The summed E-state index contributed by atoms with van der Waals surface area (Å²) >= 11 is 0. The van der Waals surface area contributed by atoms with Gasteiger partial charge in [-0.25, -0.2) is 8.42 Å². The fourth-order valence-electron chi connectivity index (χ4n) is 3.45. The second-order valence-corrected chi connectivity index (χ2v) is 8.98. The van der Waals surface area contributed by atoms with Crippen molar-refractivity contribution in [2.45, 2.75) is 37.4 Å². The van der Waals surface area contributed by atoms with Crippen molar-refractivity contribution in [2.24, 2.45) is 0 Å². The van der Waals surface area contributed by atoms with Crippen molar-refractivity contribution in [1.29, 1.82) is 0 Å². The zero-order valence-corrected chi connectivity index (χ0v) is 16.4. The summed E-state index contributed by atoms with van der Waals surface area (Å²) in [6, 6.07) is 13.3. The Morgan fingerprint density at radius 2 is 1.85 bits per heavy atom. The Bertz CT molecular complexity index is 998. The van der Waals surface area contributed by atoms with E-state index in [1.807, 2.05) is 37.4 Å². The molecule has 144 valence electrons. The van der Waals surface area contributed by atoms with E-state index < -0.39 is 10.0 Å². The molecule has 1 fully saturated rings. The third-order valence-electron chi connectivity index (χ3n) is 5.22. The zero-order valence-electron chi connectivity index (χ0n) is 15.6. The van der Waals surface area contributed by atoms with Crippen molar-refractivity contribution in [1.82, 2.24) is 9.21 Å². The summed E-state index contributed by atoms with van der Waals surface area (Å²) in [6.07, 6.45) is 1.81. The molecule has 0 aliphatic carbocycles. The van der Waals surface area contributed by atoms with Crippen LogP contribution in [0.5, 0.6) is 0 Å². The average Bonchev–Trinajstić information content (AvgIpc) is 3.40. The van der Waals surface area contributed by atoms with E-state index >= 15 is 0 Å². The quantitative estimate of drug-likeness (QED) is 0.638. The van der Waals surface area contributed by atoms with Crippen molar-refractivity contribution in [3.05, 3.63) is 54.0 Å². The van der Waals surface area contributed by atoms with Gasteiger partial charge in [0, 0.05) is 18.5 Å². The first-order chi connectivity index (χ1) is 12.9. The van der Waals surface area contributed by atoms with Crippen LogP contribution >= 0.6 is 0 Å². The minimum Gasteiger partial charge on any atom is -0.459 e. The van der Waals surface area contributed by atoms with Crippen LogP contribution in [0.2, 0.25) is 0 Å². The molecule has 0 bridgehead atoms. The molecule has 1 aliphatic rings. The summed E-state index contributed by atoms with van der Waals surface area (Å²) in [5.74, 6) is 1.49. The summed E-state index contributed by atoms with van der Waals surface area (Å²) in [6.45, 7) is 3.69. The molecule has 0 unspecified atom stereocenters. The number of rotatable bonds is 6. The number of nitrogens with zero attached hydrogens (tertiary/aromatic N) is 2. The van der Waals surface area contributed by atoms with Crippen LogP contribution in [0, 0.1) is 0 Å². The number of hydrogen-bond donors (Lipinski definition) is 0. The van der Waals surface area contributed by atoms with Crippen LogP contribution in [0.4, 0.5) is 0 Å². The summed E-state index contributed by atoms with van der Waals surface area (Å²) in [4.78, 5) is 2.07. The third kappa shape index (κ3) is 3.54. The Morgan fingerprint density at radius 1 is 1.11 bits per heavy atom. The molecule has 0 radical (unpaired) electrons. The van der Waals surface area contributed by atoms with E-state index in [1.54, 1.807) is 12.1 Å². The Kier molecular flexibility index (Phi) is 4.84. The van der Waals surface area contributed by atoms with Gasteiger partial charge < -0.3 is 8.83 Å². The lowest BCUT2D eigenvalue weighted by molar-refractivity contribution is 0.205. The first kappa shape index (κ1) is 18.3. The molecule has 0 amide bonds. The molecule has 1 aromatic carbocycles. The number of benzene rings is 1. The molecule has 1 saturated heterocycles. The standard InChI is InChI=1S/C20H24N2O4S/c1-15(19-13-16-7-3-4-8-18(16)26-19)21(2)14-17-9-10-20(25-17)27(23,24)22-11-5-6-12-22/h3-4,7-10,13,15H,5-6,11-12,14H2,1-2H3/t15-/m1/s1. The topological polar surface area (TPSA) is 66.9 Å². The molecule has 27 heavy (non-hydrogen) atoms. The highest BCUT2D eigenvalue weighted by molar-refractivity contribution is 7.89. The van der Waals surface area contributed by atoms with Gasteiger partial charge in [-0.1, -0.05) is 18.2 Å². The molecular formula is C20H24N2O4S. The Morgan fingerprint density at radius 3 is 2.59 bits per heavy atom. The van der Waals surface area contributed by atoms with Crippen LogP contribution in [-0.2, 0) is 16.6 Å².